The van der Waals surface area contributed by atoms with E-state index in [1.165, 1.54) is 21.3 Å². The van der Waals surface area contributed by atoms with Gasteiger partial charge in [-0.15, -0.1) is 10.2 Å². The molecule has 0 atom stereocenters. The number of H-pyrrole nitrogens is 1. The summed E-state index contributed by atoms with van der Waals surface area (Å²) in [4.78, 5) is 16.8. The molecule has 2 heterocycles. The molecule has 7 heteroatoms. The summed E-state index contributed by atoms with van der Waals surface area (Å²) in [5.74, 6) is 0.858. The summed E-state index contributed by atoms with van der Waals surface area (Å²) < 4.78 is 0. The zero-order chi connectivity index (χ0) is 20.2. The predicted molar refractivity (Wildman–Crippen MR) is 112 cm³/mol. The third-order valence-corrected chi connectivity index (χ3v) is 4.96. The van der Waals surface area contributed by atoms with Gasteiger partial charge in [-0.05, 0) is 34.7 Å². The van der Waals surface area contributed by atoms with Crippen molar-refractivity contribution in [1.82, 2.24) is 30.5 Å². The largest absolute Gasteiger partial charge is 0.361 e. The van der Waals surface area contributed by atoms with Crippen molar-refractivity contribution in [3.8, 4) is 11.4 Å². The van der Waals surface area contributed by atoms with Gasteiger partial charge in [0.05, 0.1) is 0 Å². The molecular weight excluding hydrogens is 364 g/mol. The van der Waals surface area contributed by atoms with Crippen molar-refractivity contribution < 1.29 is 4.79 Å². The van der Waals surface area contributed by atoms with Gasteiger partial charge in [0.25, 0.3) is 0 Å². The lowest BCUT2D eigenvalue weighted by molar-refractivity contribution is -0.122. The second-order valence-corrected chi connectivity index (χ2v) is 7.38. The highest BCUT2D eigenvalue weighted by Gasteiger charge is 2.10. The average Bonchev–Trinajstić information content (AvgIpc) is 3.35. The van der Waals surface area contributed by atoms with E-state index in [0.717, 1.165) is 17.5 Å². The number of hydrogen-bond donors (Lipinski definition) is 2. The van der Waals surface area contributed by atoms with E-state index in [9.17, 15) is 4.79 Å². The maximum atomic E-state index is 12.2. The zero-order valence-electron chi connectivity index (χ0n) is 16.6. The van der Waals surface area contributed by atoms with Gasteiger partial charge in [0.1, 0.15) is 6.54 Å². The number of fused-ring (bicyclic) bond motifs is 1. The minimum absolute atomic E-state index is 0.0466. The predicted octanol–water partition coefficient (Wildman–Crippen LogP) is 3.30. The van der Waals surface area contributed by atoms with E-state index < -0.39 is 0 Å². The van der Waals surface area contributed by atoms with Gasteiger partial charge in [0.15, 0.2) is 0 Å². The first-order chi connectivity index (χ1) is 14.1. The minimum atomic E-state index is -0.135. The molecule has 2 aromatic carbocycles. The monoisotopic (exact) mass is 388 g/mol. The number of rotatable bonds is 7. The molecule has 29 heavy (non-hydrogen) atoms. The first-order valence-corrected chi connectivity index (χ1v) is 9.80. The fourth-order valence-electron chi connectivity index (χ4n) is 3.30. The Morgan fingerprint density at radius 2 is 1.93 bits per heavy atom. The van der Waals surface area contributed by atoms with E-state index in [0.29, 0.717) is 18.3 Å². The first kappa shape index (κ1) is 18.9. The average molecular weight is 388 g/mol. The van der Waals surface area contributed by atoms with Gasteiger partial charge < -0.3 is 10.3 Å². The fraction of sp³-hybridized carbons (Fsp3) is 0.273. The smallest absolute Gasteiger partial charge is 0.243 e. The second kappa shape index (κ2) is 8.26. The van der Waals surface area contributed by atoms with Crippen molar-refractivity contribution in [1.29, 1.82) is 0 Å². The van der Waals surface area contributed by atoms with Crippen LogP contribution >= 0.6 is 0 Å². The quantitative estimate of drug-likeness (QED) is 0.508. The lowest BCUT2D eigenvalue weighted by atomic mass is 10.0. The van der Waals surface area contributed by atoms with Crippen molar-refractivity contribution >= 4 is 16.8 Å². The van der Waals surface area contributed by atoms with Crippen LogP contribution in [0.5, 0.6) is 0 Å². The molecule has 0 saturated heterocycles. The highest BCUT2D eigenvalue weighted by atomic mass is 16.2. The number of benzene rings is 2. The molecule has 4 aromatic rings. The van der Waals surface area contributed by atoms with E-state index in [-0.39, 0.29) is 12.5 Å². The number of nitrogens with one attached hydrogen (secondary N) is 2. The van der Waals surface area contributed by atoms with Crippen molar-refractivity contribution in [2.75, 3.05) is 6.54 Å². The summed E-state index contributed by atoms with van der Waals surface area (Å²) in [5.41, 5.74) is 4.44. The van der Waals surface area contributed by atoms with Crippen LogP contribution in [0.1, 0.15) is 30.9 Å². The molecule has 0 aliphatic rings. The Labute approximate surface area is 169 Å². The minimum Gasteiger partial charge on any atom is -0.361 e. The number of carbonyl (C=O) groups excluding carboxylic acids is 1. The lowest BCUT2D eigenvalue weighted by Crippen LogP contribution is -2.30. The van der Waals surface area contributed by atoms with Gasteiger partial charge in [-0.25, -0.2) is 0 Å². The first-order valence-electron chi connectivity index (χ1n) is 9.80. The molecule has 4 rings (SSSR count). The summed E-state index contributed by atoms with van der Waals surface area (Å²) in [6.07, 6.45) is 2.75. The Balaban J connectivity index is 1.31. The summed E-state index contributed by atoms with van der Waals surface area (Å²) in [5, 5.41) is 16.5. The standard InChI is InChI=1S/C22H24N6O/c1-15(2)16-7-9-17(10-8-16)22-25-27-28(26-22)14-21(29)23-12-11-18-13-24-20-6-4-3-5-19(18)20/h3-10,13,15,24H,11-12,14H2,1-2H3,(H,23,29). The van der Waals surface area contributed by atoms with Crippen LogP contribution in [0, 0.1) is 0 Å². The van der Waals surface area contributed by atoms with E-state index in [1.807, 2.05) is 36.5 Å². The molecule has 0 unspecified atom stereocenters. The molecule has 1 amide bonds. The number of nitrogens with zero attached hydrogens (tertiary/aromatic N) is 4. The van der Waals surface area contributed by atoms with Crippen molar-refractivity contribution in [3.05, 3.63) is 65.9 Å². The molecule has 2 N–H and O–H groups in total. The van der Waals surface area contributed by atoms with Crippen molar-refractivity contribution in [3.63, 3.8) is 0 Å². The highest BCUT2D eigenvalue weighted by Crippen LogP contribution is 2.19. The second-order valence-electron chi connectivity index (χ2n) is 7.38. The van der Waals surface area contributed by atoms with Crippen LogP contribution in [0.25, 0.3) is 22.3 Å². The number of tetrazole rings is 1. The third kappa shape index (κ3) is 4.34. The molecule has 0 spiro atoms. The van der Waals surface area contributed by atoms with Crippen LogP contribution in [0.4, 0.5) is 0 Å². The highest BCUT2D eigenvalue weighted by molar-refractivity contribution is 5.83. The molecule has 0 aliphatic carbocycles. The van der Waals surface area contributed by atoms with Crippen LogP contribution in [-0.2, 0) is 17.8 Å². The Kier molecular flexibility index (Phi) is 5.37. The van der Waals surface area contributed by atoms with Gasteiger partial charge >= 0.3 is 0 Å². The van der Waals surface area contributed by atoms with Gasteiger partial charge in [-0.1, -0.05) is 56.3 Å². The maximum absolute atomic E-state index is 12.2. The van der Waals surface area contributed by atoms with Gasteiger partial charge in [-0.2, -0.15) is 4.80 Å². The maximum Gasteiger partial charge on any atom is 0.243 e. The topological polar surface area (TPSA) is 88.5 Å². The van der Waals surface area contributed by atoms with Gasteiger partial charge in [0.2, 0.25) is 11.7 Å². The van der Waals surface area contributed by atoms with Gasteiger partial charge in [0, 0.05) is 29.2 Å². The van der Waals surface area contributed by atoms with Crippen LogP contribution < -0.4 is 5.32 Å². The van der Waals surface area contributed by atoms with E-state index in [2.05, 4.69) is 57.8 Å². The summed E-state index contributed by atoms with van der Waals surface area (Å²) in [6.45, 7) is 4.91. The normalized spacial score (nSPS) is 11.3. The zero-order valence-corrected chi connectivity index (χ0v) is 16.6. The van der Waals surface area contributed by atoms with Crippen LogP contribution in [0.2, 0.25) is 0 Å². The lowest BCUT2D eigenvalue weighted by Gasteiger charge is -2.05. The van der Waals surface area contributed by atoms with E-state index in [1.54, 1.807) is 0 Å². The molecule has 7 nitrogen and oxygen atoms in total. The Bertz CT molecular complexity index is 1110. The number of hydrogen-bond acceptors (Lipinski definition) is 4. The molecular formula is C22H24N6O. The molecule has 0 radical (unpaired) electrons. The Morgan fingerprint density at radius 3 is 2.72 bits per heavy atom. The molecule has 0 saturated carbocycles. The van der Waals surface area contributed by atoms with Crippen LogP contribution in [-0.4, -0.2) is 37.6 Å². The molecule has 0 aliphatic heterocycles. The van der Waals surface area contributed by atoms with Gasteiger partial charge in [-0.3, -0.25) is 4.79 Å². The number of aromatic amines is 1. The SMILES string of the molecule is CC(C)c1ccc(-c2nnn(CC(=O)NCCc3c[nH]c4ccccc34)n2)cc1. The summed E-state index contributed by atoms with van der Waals surface area (Å²) >= 11 is 0. The van der Waals surface area contributed by atoms with Crippen molar-refractivity contribution in [2.24, 2.45) is 0 Å². The number of carbonyl (C=O) groups is 1. The molecule has 2 aromatic heterocycles. The van der Waals surface area contributed by atoms with E-state index in [4.69, 9.17) is 0 Å². The fourth-order valence-corrected chi connectivity index (χ4v) is 3.30. The number of aromatic nitrogens is 5. The van der Waals surface area contributed by atoms with Crippen LogP contribution in [0.3, 0.4) is 0 Å². The number of para-hydroxylation sites is 1. The third-order valence-electron chi connectivity index (χ3n) is 4.96. The summed E-state index contributed by atoms with van der Waals surface area (Å²) in [7, 11) is 0. The summed E-state index contributed by atoms with van der Waals surface area (Å²) in [6, 6.07) is 16.2. The molecule has 0 bridgehead atoms. The van der Waals surface area contributed by atoms with Crippen molar-refractivity contribution in [2.45, 2.75) is 32.7 Å². The Morgan fingerprint density at radius 1 is 1.14 bits per heavy atom. The molecule has 148 valence electrons. The van der Waals surface area contributed by atoms with E-state index >= 15 is 0 Å². The molecule has 0 fully saturated rings. The number of amides is 1. The van der Waals surface area contributed by atoms with Crippen LogP contribution in [0.15, 0.2) is 54.7 Å². The Hall–Kier alpha value is -3.48.